The number of rotatable bonds is 0. The predicted octanol–water partition coefficient (Wildman–Crippen LogP) is 0.870. The molecular weight excluding hydrogens is 156 g/mol. The van der Waals surface area contributed by atoms with E-state index in [1.807, 2.05) is 6.08 Å². The first-order valence-corrected chi connectivity index (χ1v) is 3.61. The van der Waals surface area contributed by atoms with Crippen molar-refractivity contribution in [2.24, 2.45) is 9.98 Å². The van der Waals surface area contributed by atoms with E-state index in [0.29, 0.717) is 0 Å². The number of ether oxygens (including phenoxy) is 2. The fraction of sp³-hybridized carbons (Fsp3) is 0.250. The van der Waals surface area contributed by atoms with Crippen molar-refractivity contribution in [1.29, 1.82) is 0 Å². The fourth-order valence-electron chi connectivity index (χ4n) is 0.992. The number of aliphatic imine (C=N–C) groups is 2. The Morgan fingerprint density at radius 3 is 3.42 bits per heavy atom. The van der Waals surface area contributed by atoms with Gasteiger partial charge in [0.2, 0.25) is 6.79 Å². The number of nitrogens with zero attached hydrogens (tertiary/aromatic N) is 2. The monoisotopic (exact) mass is 164 g/mol. The average Bonchev–Trinajstić information content (AvgIpc) is 2.06. The van der Waals surface area contributed by atoms with Crippen LogP contribution < -0.4 is 0 Å². The molecule has 0 aromatic heterocycles. The lowest BCUT2D eigenvalue weighted by Crippen LogP contribution is -2.12. The minimum absolute atomic E-state index is 0.0113. The van der Waals surface area contributed by atoms with Crippen molar-refractivity contribution in [3.63, 3.8) is 0 Å². The lowest BCUT2D eigenvalue weighted by atomic mass is 10.1. The molecule has 0 aromatic rings. The number of hydrogen-bond donors (Lipinski definition) is 0. The quantitative estimate of drug-likeness (QED) is 0.533. The van der Waals surface area contributed by atoms with Crippen molar-refractivity contribution in [2.45, 2.75) is 6.04 Å². The van der Waals surface area contributed by atoms with Crippen LogP contribution in [0.3, 0.4) is 0 Å². The molecule has 0 fully saturated rings. The van der Waals surface area contributed by atoms with E-state index in [1.165, 1.54) is 6.34 Å². The van der Waals surface area contributed by atoms with Gasteiger partial charge < -0.3 is 9.47 Å². The van der Waals surface area contributed by atoms with E-state index < -0.39 is 0 Å². The molecule has 0 radical (unpaired) electrons. The van der Waals surface area contributed by atoms with Gasteiger partial charge in [-0.1, -0.05) is 0 Å². The van der Waals surface area contributed by atoms with E-state index >= 15 is 0 Å². The third kappa shape index (κ3) is 1.37. The van der Waals surface area contributed by atoms with Gasteiger partial charge in [-0.3, -0.25) is 4.99 Å². The Bertz CT molecular complexity index is 279. The second-order valence-corrected chi connectivity index (χ2v) is 2.39. The van der Waals surface area contributed by atoms with Gasteiger partial charge in [-0.25, -0.2) is 4.99 Å². The predicted molar refractivity (Wildman–Crippen MR) is 45.0 cm³/mol. The summed E-state index contributed by atoms with van der Waals surface area (Å²) in [5, 5.41) is 0. The molecule has 12 heavy (non-hydrogen) atoms. The van der Waals surface area contributed by atoms with E-state index in [2.05, 4.69) is 9.98 Å². The van der Waals surface area contributed by atoms with Crippen LogP contribution in [0.25, 0.3) is 0 Å². The summed E-state index contributed by atoms with van der Waals surface area (Å²) in [6.45, 7) is 0.240. The molecule has 0 saturated carbocycles. The second-order valence-electron chi connectivity index (χ2n) is 2.39. The molecule has 0 saturated heterocycles. The average molecular weight is 164 g/mol. The van der Waals surface area contributed by atoms with Crippen LogP contribution in [0.5, 0.6) is 0 Å². The summed E-state index contributed by atoms with van der Waals surface area (Å²) in [4.78, 5) is 8.01. The molecule has 0 bridgehead atoms. The Morgan fingerprint density at radius 1 is 1.42 bits per heavy atom. The highest BCUT2D eigenvalue weighted by Crippen LogP contribution is 2.11. The van der Waals surface area contributed by atoms with Crippen molar-refractivity contribution in [3.8, 4) is 0 Å². The molecular formula is C8H8N2O2. The highest BCUT2D eigenvalue weighted by atomic mass is 16.7. The Kier molecular flexibility index (Phi) is 1.90. The van der Waals surface area contributed by atoms with Crippen LogP contribution in [-0.2, 0) is 9.47 Å². The van der Waals surface area contributed by atoms with Crippen LogP contribution in [0.2, 0.25) is 0 Å². The molecule has 0 amide bonds. The van der Waals surface area contributed by atoms with Gasteiger partial charge in [0.25, 0.3) is 0 Å². The summed E-state index contributed by atoms with van der Waals surface area (Å²) in [6, 6.07) is -0.0113. The van der Waals surface area contributed by atoms with Crippen LogP contribution in [0, 0.1) is 0 Å². The summed E-state index contributed by atoms with van der Waals surface area (Å²) in [7, 11) is 0. The van der Waals surface area contributed by atoms with Crippen molar-refractivity contribution >= 4 is 12.6 Å². The second kappa shape index (κ2) is 3.21. The Morgan fingerprint density at radius 2 is 2.42 bits per heavy atom. The molecule has 1 atom stereocenters. The molecule has 0 aromatic carbocycles. The zero-order valence-electron chi connectivity index (χ0n) is 6.38. The molecule has 0 aliphatic carbocycles. The van der Waals surface area contributed by atoms with Crippen LogP contribution in [0.1, 0.15) is 0 Å². The van der Waals surface area contributed by atoms with Gasteiger partial charge in [-0.05, 0) is 6.08 Å². The molecule has 2 rings (SSSR count). The number of fused-ring (bicyclic) bond motifs is 1. The first-order chi connectivity index (χ1) is 5.97. The fourth-order valence-corrected chi connectivity index (χ4v) is 0.992. The van der Waals surface area contributed by atoms with Crippen LogP contribution in [0.15, 0.2) is 34.2 Å². The molecule has 4 nitrogen and oxygen atoms in total. The maximum absolute atomic E-state index is 5.04. The summed E-state index contributed by atoms with van der Waals surface area (Å²) < 4.78 is 10.0. The van der Waals surface area contributed by atoms with Gasteiger partial charge in [0.15, 0.2) is 0 Å². The normalized spacial score (nSPS) is 33.0. The first kappa shape index (κ1) is 7.09. The molecule has 4 heteroatoms. The van der Waals surface area contributed by atoms with Crippen molar-refractivity contribution in [1.82, 2.24) is 0 Å². The zero-order chi connectivity index (χ0) is 8.23. The van der Waals surface area contributed by atoms with Crippen molar-refractivity contribution in [2.75, 3.05) is 6.79 Å². The van der Waals surface area contributed by atoms with E-state index in [-0.39, 0.29) is 12.8 Å². The number of hydrogen-bond acceptors (Lipinski definition) is 4. The standard InChI is InChI=1S/C8H8N2O2/c1-2-11-6-12-4-7-3-9-5-10-8(1)7/h1-5,8H,6H2/b2-1-,7-4-. The van der Waals surface area contributed by atoms with Crippen molar-refractivity contribution in [3.05, 3.63) is 24.2 Å². The zero-order valence-corrected chi connectivity index (χ0v) is 6.38. The largest absolute Gasteiger partial charge is 0.465 e. The minimum atomic E-state index is -0.0113. The molecule has 1 unspecified atom stereocenters. The van der Waals surface area contributed by atoms with E-state index in [1.54, 1.807) is 18.7 Å². The Labute approximate surface area is 69.9 Å². The van der Waals surface area contributed by atoms with Crippen LogP contribution >= 0.6 is 0 Å². The highest BCUT2D eigenvalue weighted by Gasteiger charge is 2.11. The minimum Gasteiger partial charge on any atom is -0.465 e. The van der Waals surface area contributed by atoms with E-state index in [9.17, 15) is 0 Å². The van der Waals surface area contributed by atoms with Gasteiger partial charge in [0.05, 0.1) is 12.5 Å². The van der Waals surface area contributed by atoms with Crippen molar-refractivity contribution < 1.29 is 9.47 Å². The lowest BCUT2D eigenvalue weighted by Gasteiger charge is -2.13. The molecule has 2 aliphatic heterocycles. The van der Waals surface area contributed by atoms with E-state index in [0.717, 1.165) is 5.57 Å². The third-order valence-corrected chi connectivity index (χ3v) is 1.57. The van der Waals surface area contributed by atoms with E-state index in [4.69, 9.17) is 9.47 Å². The van der Waals surface area contributed by atoms with Gasteiger partial charge >= 0.3 is 0 Å². The summed E-state index contributed by atoms with van der Waals surface area (Å²) >= 11 is 0. The van der Waals surface area contributed by atoms with Gasteiger partial charge in [-0.2, -0.15) is 0 Å². The Balaban J connectivity index is 2.24. The molecule has 0 N–H and O–H groups in total. The topological polar surface area (TPSA) is 43.2 Å². The van der Waals surface area contributed by atoms with Crippen LogP contribution in [-0.4, -0.2) is 25.4 Å². The molecule has 2 heterocycles. The lowest BCUT2D eigenvalue weighted by molar-refractivity contribution is 0.0423. The SMILES string of the molecule is C1=NC=NC2/C=C\OCO/C=C/12. The smallest absolute Gasteiger partial charge is 0.229 e. The molecule has 62 valence electrons. The van der Waals surface area contributed by atoms with Gasteiger partial charge in [0.1, 0.15) is 12.4 Å². The first-order valence-electron chi connectivity index (χ1n) is 3.61. The highest BCUT2D eigenvalue weighted by molar-refractivity contribution is 5.89. The maximum atomic E-state index is 5.04. The molecule has 2 aliphatic rings. The summed E-state index contributed by atoms with van der Waals surface area (Å²) in [5.74, 6) is 0. The van der Waals surface area contributed by atoms with Crippen LogP contribution in [0.4, 0.5) is 0 Å². The maximum Gasteiger partial charge on any atom is 0.229 e. The Hall–Kier alpha value is -1.58. The van der Waals surface area contributed by atoms with Gasteiger partial charge in [0, 0.05) is 11.8 Å². The summed E-state index contributed by atoms with van der Waals surface area (Å²) in [5.41, 5.74) is 0.942. The third-order valence-electron chi connectivity index (χ3n) is 1.57. The summed E-state index contributed by atoms with van der Waals surface area (Å²) in [6.07, 6.45) is 8.32. The molecule has 0 spiro atoms. The van der Waals surface area contributed by atoms with Gasteiger partial charge in [-0.15, -0.1) is 0 Å².